The van der Waals surface area contributed by atoms with Crippen molar-refractivity contribution in [3.63, 3.8) is 0 Å². The number of hydrogen-bond donors (Lipinski definition) is 2. The quantitative estimate of drug-likeness (QED) is 0.706. The number of anilines is 2. The minimum Gasteiger partial charge on any atom is -0.478 e. The number of nitrogens with two attached hydrogens (primary N) is 1. The first-order chi connectivity index (χ1) is 6.77. The highest BCUT2D eigenvalue weighted by atomic mass is 16.5. The zero-order valence-corrected chi connectivity index (χ0v) is 8.00. The van der Waals surface area contributed by atoms with Crippen LogP contribution in [0.5, 0.6) is 5.88 Å². The van der Waals surface area contributed by atoms with Gasteiger partial charge in [-0.3, -0.25) is 0 Å². The highest BCUT2D eigenvalue weighted by Crippen LogP contribution is 2.34. The Morgan fingerprint density at radius 1 is 1.50 bits per heavy atom. The molecule has 0 unspecified atom stereocenters. The van der Waals surface area contributed by atoms with E-state index in [1.54, 1.807) is 13.1 Å². The number of rotatable bonds is 2. The van der Waals surface area contributed by atoms with Gasteiger partial charge >= 0.3 is 0 Å². The number of hydrogen-bond acceptors (Lipinski definition) is 5. The van der Waals surface area contributed by atoms with E-state index in [4.69, 9.17) is 15.0 Å². The van der Waals surface area contributed by atoms with Gasteiger partial charge < -0.3 is 20.3 Å². The molecule has 2 aromatic rings. The Hall–Kier alpha value is -1.91. The van der Waals surface area contributed by atoms with Crippen molar-refractivity contribution in [2.45, 2.75) is 0 Å². The molecule has 0 saturated carbocycles. The summed E-state index contributed by atoms with van der Waals surface area (Å²) >= 11 is 0. The molecule has 0 radical (unpaired) electrons. The summed E-state index contributed by atoms with van der Waals surface area (Å²) in [5.41, 5.74) is 7.95. The number of methoxy groups -OCH3 is 1. The molecule has 0 aliphatic rings. The molecule has 5 heteroatoms. The van der Waals surface area contributed by atoms with Gasteiger partial charge in [0.05, 0.1) is 18.5 Å². The van der Waals surface area contributed by atoms with E-state index in [1.807, 2.05) is 6.07 Å². The number of benzene rings is 1. The topological polar surface area (TPSA) is 73.3 Å². The van der Waals surface area contributed by atoms with Crippen molar-refractivity contribution in [1.29, 1.82) is 0 Å². The van der Waals surface area contributed by atoms with Crippen molar-refractivity contribution in [2.75, 3.05) is 25.2 Å². The van der Waals surface area contributed by atoms with E-state index < -0.39 is 0 Å². The summed E-state index contributed by atoms with van der Waals surface area (Å²) in [4.78, 5) is 0. The van der Waals surface area contributed by atoms with Crippen LogP contribution in [0.4, 0.5) is 11.4 Å². The number of fused-ring (bicyclic) bond motifs is 1. The van der Waals surface area contributed by atoms with E-state index in [2.05, 4.69) is 10.5 Å². The van der Waals surface area contributed by atoms with Gasteiger partial charge in [0, 0.05) is 7.05 Å². The summed E-state index contributed by atoms with van der Waals surface area (Å²) in [6.45, 7) is 0. The minimum absolute atomic E-state index is 0.412. The van der Waals surface area contributed by atoms with Gasteiger partial charge in [-0.25, -0.2) is 0 Å². The maximum Gasteiger partial charge on any atom is 0.264 e. The number of ether oxygens (including phenoxy) is 1. The van der Waals surface area contributed by atoms with Gasteiger partial charge in [-0.05, 0) is 17.3 Å². The molecule has 0 aliphatic heterocycles. The summed E-state index contributed by atoms with van der Waals surface area (Å²) in [6, 6.07) is 3.63. The lowest BCUT2D eigenvalue weighted by atomic mass is 10.2. The van der Waals surface area contributed by atoms with E-state index in [0.717, 1.165) is 5.69 Å². The number of nitrogen functional groups attached to an aromatic ring is 1. The molecule has 0 atom stereocenters. The van der Waals surface area contributed by atoms with Crippen LogP contribution >= 0.6 is 0 Å². The standard InChI is InChI=1S/C9H11N3O2/c1-11-5-3-4-6-7(8(5)10)9(13-2)12-14-6/h3-4,11H,10H2,1-2H3. The summed E-state index contributed by atoms with van der Waals surface area (Å²) in [5, 5.41) is 7.43. The van der Waals surface area contributed by atoms with Crippen LogP contribution in [-0.2, 0) is 0 Å². The van der Waals surface area contributed by atoms with Gasteiger partial charge in [-0.1, -0.05) is 0 Å². The van der Waals surface area contributed by atoms with Crippen molar-refractivity contribution in [3.8, 4) is 5.88 Å². The van der Waals surface area contributed by atoms with E-state index in [0.29, 0.717) is 22.5 Å². The summed E-state index contributed by atoms with van der Waals surface area (Å²) < 4.78 is 10.1. The Labute approximate surface area is 80.8 Å². The molecular formula is C9H11N3O2. The highest BCUT2D eigenvalue weighted by molar-refractivity contribution is 5.99. The average Bonchev–Trinajstić information content (AvgIpc) is 2.62. The second-order valence-corrected chi connectivity index (χ2v) is 2.84. The fourth-order valence-corrected chi connectivity index (χ4v) is 1.39. The third-order valence-electron chi connectivity index (χ3n) is 2.11. The molecule has 0 aliphatic carbocycles. The molecule has 0 amide bonds. The predicted molar refractivity (Wildman–Crippen MR) is 54.5 cm³/mol. The van der Waals surface area contributed by atoms with Crippen LogP contribution in [0.1, 0.15) is 0 Å². The fourth-order valence-electron chi connectivity index (χ4n) is 1.39. The average molecular weight is 193 g/mol. The lowest BCUT2D eigenvalue weighted by molar-refractivity contribution is 0.350. The molecule has 0 saturated heterocycles. The first-order valence-electron chi connectivity index (χ1n) is 4.17. The van der Waals surface area contributed by atoms with E-state index in [9.17, 15) is 0 Å². The largest absolute Gasteiger partial charge is 0.478 e. The Kier molecular flexibility index (Phi) is 1.92. The molecule has 1 aromatic carbocycles. The van der Waals surface area contributed by atoms with Gasteiger partial charge in [0.15, 0.2) is 5.58 Å². The first-order valence-corrected chi connectivity index (χ1v) is 4.17. The smallest absolute Gasteiger partial charge is 0.264 e. The fraction of sp³-hybridized carbons (Fsp3) is 0.222. The second-order valence-electron chi connectivity index (χ2n) is 2.84. The van der Waals surface area contributed by atoms with Gasteiger partial charge in [0.25, 0.3) is 5.88 Å². The van der Waals surface area contributed by atoms with Crippen LogP contribution in [0.3, 0.4) is 0 Å². The zero-order chi connectivity index (χ0) is 10.1. The van der Waals surface area contributed by atoms with Gasteiger partial charge in [0.2, 0.25) is 0 Å². The van der Waals surface area contributed by atoms with Crippen molar-refractivity contribution >= 4 is 22.3 Å². The van der Waals surface area contributed by atoms with E-state index in [1.165, 1.54) is 7.11 Å². The predicted octanol–water partition coefficient (Wildman–Crippen LogP) is 1.46. The third-order valence-corrected chi connectivity index (χ3v) is 2.11. The molecular weight excluding hydrogens is 182 g/mol. The summed E-state index contributed by atoms with van der Waals surface area (Å²) in [6.07, 6.45) is 0. The van der Waals surface area contributed by atoms with Crippen LogP contribution in [0.15, 0.2) is 16.7 Å². The van der Waals surface area contributed by atoms with Gasteiger partial charge in [-0.15, -0.1) is 0 Å². The molecule has 0 fully saturated rings. The van der Waals surface area contributed by atoms with Crippen LogP contribution < -0.4 is 15.8 Å². The van der Waals surface area contributed by atoms with Crippen molar-refractivity contribution < 1.29 is 9.26 Å². The SMILES string of the molecule is CNc1ccc2onc(OC)c2c1N. The number of aromatic nitrogens is 1. The molecule has 0 spiro atoms. The Bertz CT molecular complexity index is 464. The molecule has 74 valence electrons. The molecule has 1 heterocycles. The maximum atomic E-state index is 5.91. The molecule has 0 bridgehead atoms. The number of nitrogens with zero attached hydrogens (tertiary/aromatic N) is 1. The summed E-state index contributed by atoms with van der Waals surface area (Å²) in [7, 11) is 3.33. The van der Waals surface area contributed by atoms with Crippen LogP contribution in [0.25, 0.3) is 11.0 Å². The lowest BCUT2D eigenvalue weighted by Gasteiger charge is -2.04. The van der Waals surface area contributed by atoms with Crippen LogP contribution in [0, 0.1) is 0 Å². The minimum atomic E-state index is 0.412. The van der Waals surface area contributed by atoms with Crippen LogP contribution in [0.2, 0.25) is 0 Å². The van der Waals surface area contributed by atoms with Crippen molar-refractivity contribution in [1.82, 2.24) is 5.16 Å². The summed E-state index contributed by atoms with van der Waals surface area (Å²) in [5.74, 6) is 0.412. The molecule has 14 heavy (non-hydrogen) atoms. The Morgan fingerprint density at radius 2 is 2.29 bits per heavy atom. The van der Waals surface area contributed by atoms with Crippen molar-refractivity contribution in [3.05, 3.63) is 12.1 Å². The normalized spacial score (nSPS) is 10.4. The first kappa shape index (κ1) is 8.68. The third kappa shape index (κ3) is 1.06. The maximum absolute atomic E-state index is 5.91. The molecule has 2 rings (SSSR count). The monoisotopic (exact) mass is 193 g/mol. The lowest BCUT2D eigenvalue weighted by Crippen LogP contribution is -1.96. The molecule has 3 N–H and O–H groups in total. The van der Waals surface area contributed by atoms with Crippen molar-refractivity contribution in [2.24, 2.45) is 0 Å². The van der Waals surface area contributed by atoms with E-state index in [-0.39, 0.29) is 0 Å². The zero-order valence-electron chi connectivity index (χ0n) is 8.00. The Morgan fingerprint density at radius 3 is 2.93 bits per heavy atom. The molecule has 1 aromatic heterocycles. The number of nitrogens with one attached hydrogen (secondary N) is 1. The Balaban J connectivity index is 2.77. The van der Waals surface area contributed by atoms with Gasteiger partial charge in [0.1, 0.15) is 5.39 Å². The van der Waals surface area contributed by atoms with Crippen LogP contribution in [-0.4, -0.2) is 19.3 Å². The molecule has 5 nitrogen and oxygen atoms in total. The highest BCUT2D eigenvalue weighted by Gasteiger charge is 2.13. The second kappa shape index (κ2) is 3.10. The van der Waals surface area contributed by atoms with Gasteiger partial charge in [-0.2, -0.15) is 0 Å². The van der Waals surface area contributed by atoms with E-state index >= 15 is 0 Å².